The van der Waals surface area contributed by atoms with Crippen LogP contribution in [0.4, 0.5) is 5.69 Å². The van der Waals surface area contributed by atoms with E-state index >= 15 is 0 Å². The van der Waals surface area contributed by atoms with E-state index in [1.807, 2.05) is 18.4 Å². The van der Waals surface area contributed by atoms with Gasteiger partial charge >= 0.3 is 5.97 Å². The van der Waals surface area contributed by atoms with Crippen molar-refractivity contribution in [3.8, 4) is 0 Å². The molecule has 0 atom stereocenters. The Morgan fingerprint density at radius 1 is 1.21 bits per heavy atom. The van der Waals surface area contributed by atoms with E-state index in [2.05, 4.69) is 35.4 Å². The van der Waals surface area contributed by atoms with Crippen molar-refractivity contribution in [1.82, 2.24) is 0 Å². The zero-order chi connectivity index (χ0) is 20.7. The first kappa shape index (κ1) is 21.9. The van der Waals surface area contributed by atoms with Crippen LogP contribution in [0.1, 0.15) is 53.4 Å². The summed E-state index contributed by atoms with van der Waals surface area (Å²) in [6.07, 6.45) is 8.34. The summed E-state index contributed by atoms with van der Waals surface area (Å²) in [7, 11) is -1.48. The number of hydrogen-bond acceptors (Lipinski definition) is 5. The van der Waals surface area contributed by atoms with Gasteiger partial charge in [0.2, 0.25) is 5.88 Å². The van der Waals surface area contributed by atoms with Crippen molar-refractivity contribution in [2.75, 3.05) is 24.2 Å². The van der Waals surface area contributed by atoms with E-state index in [4.69, 9.17) is 4.74 Å². The van der Waals surface area contributed by atoms with Crippen LogP contribution in [0, 0.1) is 6.92 Å². The number of carbonyl (C=O) groups excluding carboxylic acids is 1. The highest BCUT2D eigenvalue weighted by molar-refractivity contribution is 7.78. The number of thiophene rings is 1. The summed E-state index contributed by atoms with van der Waals surface area (Å²) in [5.74, 6) is 1.93. The molecular formula is C23H31NO3PS+. The van der Waals surface area contributed by atoms with Gasteiger partial charge in [-0.2, -0.15) is 0 Å². The molecule has 0 saturated carbocycles. The Hall–Kier alpha value is -1.84. The Morgan fingerprint density at radius 3 is 2.55 bits per heavy atom. The molecular weight excluding hydrogens is 401 g/mol. The van der Waals surface area contributed by atoms with Crippen molar-refractivity contribution < 1.29 is 14.6 Å². The van der Waals surface area contributed by atoms with Crippen molar-refractivity contribution in [3.05, 3.63) is 63.4 Å². The summed E-state index contributed by atoms with van der Waals surface area (Å²) < 4.78 is 5.17. The number of hydrogen-bond donors (Lipinski definition) is 2. The molecule has 2 heterocycles. The molecule has 2 N–H and O–H groups in total. The predicted molar refractivity (Wildman–Crippen MR) is 125 cm³/mol. The number of nitrogens with one attached hydrogen (secondary N) is 1. The number of esters is 1. The number of aryl methyl sites for hydroxylation is 1. The number of benzene rings is 1. The summed E-state index contributed by atoms with van der Waals surface area (Å²) in [5.41, 5.74) is 2.94. The average Bonchev–Trinajstić information content (AvgIpc) is 2.91. The summed E-state index contributed by atoms with van der Waals surface area (Å²) in [5, 5.41) is 15.9. The molecule has 0 radical (unpaired) electrons. The Balaban J connectivity index is 1.86. The lowest BCUT2D eigenvalue weighted by Gasteiger charge is -2.23. The van der Waals surface area contributed by atoms with Gasteiger partial charge in [0.25, 0.3) is 0 Å². The quantitative estimate of drug-likeness (QED) is 0.287. The van der Waals surface area contributed by atoms with Crippen LogP contribution in [0.25, 0.3) is 0 Å². The molecule has 1 saturated heterocycles. The normalized spacial score (nSPS) is 16.8. The highest BCUT2D eigenvalue weighted by Crippen LogP contribution is 2.65. The fourth-order valence-electron chi connectivity index (χ4n) is 3.96. The predicted octanol–water partition coefficient (Wildman–Crippen LogP) is 6.79. The van der Waals surface area contributed by atoms with Crippen LogP contribution < -0.4 is 5.32 Å². The molecule has 29 heavy (non-hydrogen) atoms. The van der Waals surface area contributed by atoms with Gasteiger partial charge in [-0.05, 0) is 56.0 Å². The van der Waals surface area contributed by atoms with Crippen molar-refractivity contribution in [1.29, 1.82) is 0 Å². The molecule has 2 aromatic rings. The summed E-state index contributed by atoms with van der Waals surface area (Å²) in [6, 6.07) is 10.6. The third-order valence-electron chi connectivity index (χ3n) is 5.38. The average molecular weight is 433 g/mol. The molecule has 0 spiro atoms. The van der Waals surface area contributed by atoms with Crippen LogP contribution in [0.15, 0.2) is 47.4 Å². The first-order chi connectivity index (χ1) is 14.0. The molecule has 0 unspecified atom stereocenters. The Morgan fingerprint density at radius 2 is 1.90 bits per heavy atom. The monoisotopic (exact) mass is 432 g/mol. The third kappa shape index (κ3) is 5.83. The molecule has 0 bridgehead atoms. The van der Waals surface area contributed by atoms with Gasteiger partial charge in [0, 0.05) is 7.26 Å². The van der Waals surface area contributed by atoms with E-state index in [-0.39, 0.29) is 11.9 Å². The molecule has 1 aromatic carbocycles. The van der Waals surface area contributed by atoms with Gasteiger partial charge < -0.3 is 15.2 Å². The van der Waals surface area contributed by atoms with Gasteiger partial charge in [0.05, 0.1) is 30.8 Å². The second kappa shape index (κ2) is 10.3. The molecule has 1 aliphatic heterocycles. The second-order valence-electron chi connectivity index (χ2n) is 7.71. The maximum absolute atomic E-state index is 12.3. The molecule has 0 amide bonds. The largest absolute Gasteiger partial charge is 0.492 e. The highest BCUT2D eigenvalue weighted by atomic mass is 32.1. The number of rotatable bonds is 7. The van der Waals surface area contributed by atoms with Crippen LogP contribution >= 0.6 is 18.6 Å². The zero-order valence-electron chi connectivity index (χ0n) is 17.3. The SMILES string of the molecule is CCOC(=O)c1scc(C)c1NC(O)=C[P+]1(Cc2ccccc2)CCCCCC1. The molecule has 1 aliphatic rings. The minimum Gasteiger partial charge on any atom is -0.492 e. The standard InChI is InChI=1S/C23H30NO3PS/c1-3-27-23(26)22-21(18(2)17-29-22)24-20(25)16-28(13-9-4-5-10-14-28)15-19-11-7-6-8-12-19/h6-8,11-12,16-17H,3-5,9-10,13-15H2,1-2H3,(H-,24,25,26)/p+1. The van der Waals surface area contributed by atoms with E-state index in [1.54, 1.807) is 6.92 Å². The molecule has 0 aliphatic carbocycles. The Labute approximate surface area is 178 Å². The van der Waals surface area contributed by atoms with Gasteiger partial charge in [-0.15, -0.1) is 11.3 Å². The fourth-order valence-corrected chi connectivity index (χ4v) is 8.98. The van der Waals surface area contributed by atoms with Gasteiger partial charge in [0.1, 0.15) is 10.7 Å². The molecule has 1 fully saturated rings. The number of aliphatic hydroxyl groups excluding tert-OH is 1. The lowest BCUT2D eigenvalue weighted by molar-refractivity contribution is 0.0533. The van der Waals surface area contributed by atoms with E-state index < -0.39 is 7.26 Å². The Kier molecular flexibility index (Phi) is 7.74. The minimum absolute atomic E-state index is 0.170. The zero-order valence-corrected chi connectivity index (χ0v) is 19.0. The topological polar surface area (TPSA) is 58.6 Å². The smallest absolute Gasteiger partial charge is 0.350 e. The molecule has 3 rings (SSSR count). The van der Waals surface area contributed by atoms with Crippen LogP contribution in [-0.2, 0) is 10.9 Å². The van der Waals surface area contributed by atoms with Crippen LogP contribution in [0.5, 0.6) is 0 Å². The van der Waals surface area contributed by atoms with E-state index in [0.29, 0.717) is 17.2 Å². The maximum Gasteiger partial charge on any atom is 0.350 e. The number of ether oxygens (including phenoxy) is 1. The van der Waals surface area contributed by atoms with Gasteiger partial charge in [-0.25, -0.2) is 4.79 Å². The first-order valence-electron chi connectivity index (χ1n) is 10.4. The van der Waals surface area contributed by atoms with E-state index in [0.717, 1.165) is 11.7 Å². The summed E-state index contributed by atoms with van der Waals surface area (Å²) in [6.45, 7) is 4.07. The minimum atomic E-state index is -1.48. The Bertz CT molecular complexity index is 839. The van der Waals surface area contributed by atoms with Crippen molar-refractivity contribution >= 4 is 30.3 Å². The van der Waals surface area contributed by atoms with Crippen molar-refractivity contribution in [2.24, 2.45) is 0 Å². The van der Waals surface area contributed by atoms with E-state index in [9.17, 15) is 9.90 Å². The highest BCUT2D eigenvalue weighted by Gasteiger charge is 2.37. The van der Waals surface area contributed by atoms with Crippen LogP contribution in [0.3, 0.4) is 0 Å². The summed E-state index contributed by atoms with van der Waals surface area (Å²) >= 11 is 1.35. The molecule has 4 nitrogen and oxygen atoms in total. The fraction of sp³-hybridized carbons (Fsp3) is 0.435. The number of aliphatic hydroxyl groups is 1. The van der Waals surface area contributed by atoms with Gasteiger partial charge in [-0.1, -0.05) is 30.3 Å². The van der Waals surface area contributed by atoms with E-state index in [1.165, 1.54) is 54.9 Å². The lowest BCUT2D eigenvalue weighted by Crippen LogP contribution is -2.10. The number of carbonyl (C=O) groups is 1. The first-order valence-corrected chi connectivity index (χ1v) is 13.7. The maximum atomic E-state index is 12.3. The van der Waals surface area contributed by atoms with Crippen LogP contribution in [0.2, 0.25) is 0 Å². The molecule has 1 aromatic heterocycles. The molecule has 6 heteroatoms. The third-order valence-corrected chi connectivity index (χ3v) is 10.7. The lowest BCUT2D eigenvalue weighted by atomic mass is 10.2. The number of anilines is 1. The molecule has 156 valence electrons. The van der Waals surface area contributed by atoms with Gasteiger partial charge in [-0.3, -0.25) is 0 Å². The van der Waals surface area contributed by atoms with Gasteiger partial charge in [0.15, 0.2) is 0 Å². The summed E-state index contributed by atoms with van der Waals surface area (Å²) in [4.78, 5) is 12.8. The van der Waals surface area contributed by atoms with Crippen LogP contribution in [-0.4, -0.2) is 30.0 Å². The van der Waals surface area contributed by atoms with Crippen molar-refractivity contribution in [3.63, 3.8) is 0 Å². The second-order valence-corrected chi connectivity index (χ2v) is 12.5. The van der Waals surface area contributed by atoms with Crippen molar-refractivity contribution in [2.45, 2.75) is 45.7 Å².